The first-order chi connectivity index (χ1) is 8.33. The van der Waals surface area contributed by atoms with Gasteiger partial charge in [0.1, 0.15) is 0 Å². The van der Waals surface area contributed by atoms with Gasteiger partial charge in [0.15, 0.2) is 0 Å². The molecule has 4 heteroatoms. The average molecular weight is 236 g/mol. The molecule has 1 aromatic heterocycles. The standard InChI is InChI=1S/C13H24N4/c1-3-5-13-9-14-6-7-16(13)10-12-8-15-17(4-2)11-12/h8,11,13-14H,3-7,9-10H2,1-2H3. The molecule has 0 spiro atoms. The number of nitrogens with zero attached hydrogens (tertiary/aromatic N) is 3. The Bertz CT molecular complexity index is 332. The van der Waals surface area contributed by atoms with E-state index in [1.165, 1.54) is 18.4 Å². The number of piperazine rings is 1. The highest BCUT2D eigenvalue weighted by molar-refractivity contribution is 5.04. The molecule has 1 N–H and O–H groups in total. The maximum absolute atomic E-state index is 4.35. The van der Waals surface area contributed by atoms with Gasteiger partial charge in [-0.05, 0) is 13.3 Å². The zero-order chi connectivity index (χ0) is 12.1. The molecule has 0 aromatic carbocycles. The fourth-order valence-corrected chi connectivity index (χ4v) is 2.52. The van der Waals surface area contributed by atoms with Gasteiger partial charge < -0.3 is 5.32 Å². The van der Waals surface area contributed by atoms with E-state index < -0.39 is 0 Å². The van der Waals surface area contributed by atoms with E-state index >= 15 is 0 Å². The molecule has 0 bridgehead atoms. The molecule has 17 heavy (non-hydrogen) atoms. The van der Waals surface area contributed by atoms with Crippen molar-refractivity contribution in [3.8, 4) is 0 Å². The molecule has 0 radical (unpaired) electrons. The Labute approximate surface area is 104 Å². The van der Waals surface area contributed by atoms with Crippen LogP contribution in [0.5, 0.6) is 0 Å². The fourth-order valence-electron chi connectivity index (χ4n) is 2.52. The van der Waals surface area contributed by atoms with Crippen LogP contribution in [0.25, 0.3) is 0 Å². The summed E-state index contributed by atoms with van der Waals surface area (Å²) >= 11 is 0. The summed E-state index contributed by atoms with van der Waals surface area (Å²) in [5, 5.41) is 7.83. The van der Waals surface area contributed by atoms with Gasteiger partial charge >= 0.3 is 0 Å². The molecule has 1 aromatic rings. The van der Waals surface area contributed by atoms with Crippen LogP contribution in [-0.4, -0.2) is 40.4 Å². The lowest BCUT2D eigenvalue weighted by Gasteiger charge is -2.35. The van der Waals surface area contributed by atoms with Crippen LogP contribution in [0.3, 0.4) is 0 Å². The molecule has 1 aliphatic heterocycles. The second-order valence-electron chi connectivity index (χ2n) is 4.82. The van der Waals surface area contributed by atoms with E-state index in [0.717, 1.165) is 32.7 Å². The minimum Gasteiger partial charge on any atom is -0.314 e. The van der Waals surface area contributed by atoms with Crippen LogP contribution in [0.1, 0.15) is 32.3 Å². The summed E-state index contributed by atoms with van der Waals surface area (Å²) in [7, 11) is 0. The summed E-state index contributed by atoms with van der Waals surface area (Å²) in [6.45, 7) is 9.80. The van der Waals surface area contributed by atoms with E-state index in [-0.39, 0.29) is 0 Å². The minimum absolute atomic E-state index is 0.693. The van der Waals surface area contributed by atoms with Crippen LogP contribution >= 0.6 is 0 Å². The lowest BCUT2D eigenvalue weighted by Crippen LogP contribution is -2.50. The van der Waals surface area contributed by atoms with Gasteiger partial charge in [-0.25, -0.2) is 0 Å². The Morgan fingerprint density at radius 2 is 2.35 bits per heavy atom. The second kappa shape index (κ2) is 6.17. The normalized spacial score (nSPS) is 21.9. The highest BCUT2D eigenvalue weighted by Crippen LogP contribution is 2.13. The third-order valence-corrected chi connectivity index (χ3v) is 3.49. The molecule has 1 saturated heterocycles. The molecule has 96 valence electrons. The van der Waals surface area contributed by atoms with E-state index in [4.69, 9.17) is 0 Å². The molecular weight excluding hydrogens is 212 g/mol. The molecule has 0 amide bonds. The molecule has 1 unspecified atom stereocenters. The van der Waals surface area contributed by atoms with Gasteiger partial charge in [-0.1, -0.05) is 13.3 Å². The fraction of sp³-hybridized carbons (Fsp3) is 0.769. The smallest absolute Gasteiger partial charge is 0.0534 e. The molecule has 2 rings (SSSR count). The molecular formula is C13H24N4. The maximum atomic E-state index is 4.35. The number of hydrogen-bond donors (Lipinski definition) is 1. The molecule has 1 aliphatic rings. The summed E-state index contributed by atoms with van der Waals surface area (Å²) in [6, 6.07) is 0.693. The molecule has 1 atom stereocenters. The number of aryl methyl sites for hydroxylation is 1. The van der Waals surface area contributed by atoms with Gasteiger partial charge in [-0.15, -0.1) is 0 Å². The average Bonchev–Trinajstić information content (AvgIpc) is 2.80. The lowest BCUT2D eigenvalue weighted by molar-refractivity contribution is 0.144. The quantitative estimate of drug-likeness (QED) is 0.840. The van der Waals surface area contributed by atoms with Gasteiger partial charge in [0, 0.05) is 50.5 Å². The van der Waals surface area contributed by atoms with Crippen molar-refractivity contribution in [2.75, 3.05) is 19.6 Å². The Balaban J connectivity index is 1.95. The number of rotatable bonds is 5. The number of aromatic nitrogens is 2. The predicted octanol–water partition coefficient (Wildman–Crippen LogP) is 1.48. The zero-order valence-corrected chi connectivity index (χ0v) is 11.0. The van der Waals surface area contributed by atoms with E-state index in [2.05, 4.69) is 35.4 Å². The van der Waals surface area contributed by atoms with Gasteiger partial charge in [0.2, 0.25) is 0 Å². The number of nitrogens with one attached hydrogen (secondary N) is 1. The van der Waals surface area contributed by atoms with Crippen LogP contribution in [0.2, 0.25) is 0 Å². The number of hydrogen-bond acceptors (Lipinski definition) is 3. The Kier molecular flexibility index (Phi) is 4.57. The first-order valence-electron chi connectivity index (χ1n) is 6.79. The van der Waals surface area contributed by atoms with Crippen LogP contribution in [-0.2, 0) is 13.1 Å². The van der Waals surface area contributed by atoms with Crippen molar-refractivity contribution >= 4 is 0 Å². The van der Waals surface area contributed by atoms with Gasteiger partial charge in [-0.3, -0.25) is 9.58 Å². The summed E-state index contributed by atoms with van der Waals surface area (Å²) in [4.78, 5) is 2.59. The van der Waals surface area contributed by atoms with Gasteiger partial charge in [0.25, 0.3) is 0 Å². The highest BCUT2D eigenvalue weighted by Gasteiger charge is 2.21. The minimum atomic E-state index is 0.693. The second-order valence-corrected chi connectivity index (χ2v) is 4.82. The highest BCUT2D eigenvalue weighted by atomic mass is 15.3. The van der Waals surface area contributed by atoms with Crippen LogP contribution in [0.4, 0.5) is 0 Å². The molecule has 0 saturated carbocycles. The molecule has 4 nitrogen and oxygen atoms in total. The van der Waals surface area contributed by atoms with E-state index in [9.17, 15) is 0 Å². The van der Waals surface area contributed by atoms with Crippen molar-refractivity contribution in [1.82, 2.24) is 20.0 Å². The predicted molar refractivity (Wildman–Crippen MR) is 69.9 cm³/mol. The van der Waals surface area contributed by atoms with Crippen LogP contribution < -0.4 is 5.32 Å². The molecule has 1 fully saturated rings. The maximum Gasteiger partial charge on any atom is 0.0534 e. The Morgan fingerprint density at radius 3 is 3.06 bits per heavy atom. The van der Waals surface area contributed by atoms with E-state index in [1.54, 1.807) is 0 Å². The Morgan fingerprint density at radius 1 is 1.47 bits per heavy atom. The van der Waals surface area contributed by atoms with E-state index in [1.807, 2.05) is 10.9 Å². The third-order valence-electron chi connectivity index (χ3n) is 3.49. The van der Waals surface area contributed by atoms with Crippen molar-refractivity contribution in [2.24, 2.45) is 0 Å². The van der Waals surface area contributed by atoms with E-state index in [0.29, 0.717) is 6.04 Å². The first-order valence-corrected chi connectivity index (χ1v) is 6.79. The Hall–Kier alpha value is -0.870. The summed E-state index contributed by atoms with van der Waals surface area (Å²) in [5.41, 5.74) is 1.34. The SMILES string of the molecule is CCCC1CNCCN1Cc1cnn(CC)c1. The van der Waals surface area contributed by atoms with Crippen molar-refractivity contribution in [1.29, 1.82) is 0 Å². The van der Waals surface area contributed by atoms with Crippen LogP contribution in [0.15, 0.2) is 12.4 Å². The monoisotopic (exact) mass is 236 g/mol. The van der Waals surface area contributed by atoms with Crippen LogP contribution in [0, 0.1) is 0 Å². The topological polar surface area (TPSA) is 33.1 Å². The van der Waals surface area contributed by atoms with Crippen molar-refractivity contribution in [3.05, 3.63) is 18.0 Å². The first kappa shape index (κ1) is 12.6. The largest absolute Gasteiger partial charge is 0.314 e. The van der Waals surface area contributed by atoms with Crippen molar-refractivity contribution in [2.45, 2.75) is 45.8 Å². The van der Waals surface area contributed by atoms with Crippen molar-refractivity contribution in [3.63, 3.8) is 0 Å². The summed E-state index contributed by atoms with van der Waals surface area (Å²) < 4.78 is 2.01. The summed E-state index contributed by atoms with van der Waals surface area (Å²) in [6.07, 6.45) is 6.73. The van der Waals surface area contributed by atoms with Gasteiger partial charge in [-0.2, -0.15) is 5.10 Å². The molecule has 0 aliphatic carbocycles. The zero-order valence-electron chi connectivity index (χ0n) is 11.0. The van der Waals surface area contributed by atoms with Crippen molar-refractivity contribution < 1.29 is 0 Å². The summed E-state index contributed by atoms with van der Waals surface area (Å²) in [5.74, 6) is 0. The van der Waals surface area contributed by atoms with Gasteiger partial charge in [0.05, 0.1) is 6.20 Å². The third kappa shape index (κ3) is 3.30. The lowest BCUT2D eigenvalue weighted by atomic mass is 10.1. The molecule has 2 heterocycles.